The molecule has 0 saturated carbocycles. The maximum absolute atomic E-state index is 13.7. The van der Waals surface area contributed by atoms with Gasteiger partial charge in [-0.3, -0.25) is 9.59 Å². The van der Waals surface area contributed by atoms with Crippen molar-refractivity contribution in [3.63, 3.8) is 0 Å². The maximum Gasteiger partial charge on any atom is 0.202 e. The number of aliphatic hydroxyl groups excluding tert-OH is 3. The van der Waals surface area contributed by atoms with E-state index in [-0.39, 0.29) is 46.4 Å². The number of ketones is 2. The molecule has 0 spiro atoms. The van der Waals surface area contributed by atoms with Crippen molar-refractivity contribution in [3.8, 4) is 17.2 Å². The normalized spacial score (nSPS) is 32.4. The van der Waals surface area contributed by atoms with Gasteiger partial charge in [-0.2, -0.15) is 0 Å². The Kier molecular flexibility index (Phi) is 6.29. The van der Waals surface area contributed by atoms with Gasteiger partial charge in [-0.1, -0.05) is 6.07 Å². The highest BCUT2D eigenvalue weighted by molar-refractivity contribution is 6.31. The number of phenols is 2. The summed E-state index contributed by atoms with van der Waals surface area (Å²) >= 11 is 0. The summed E-state index contributed by atoms with van der Waals surface area (Å²) < 4.78 is 16.8. The molecule has 0 radical (unpaired) electrons. The van der Waals surface area contributed by atoms with Crippen LogP contribution in [0.25, 0.3) is 0 Å². The van der Waals surface area contributed by atoms with Crippen molar-refractivity contribution in [3.05, 3.63) is 51.1 Å². The molecule has 204 valence electrons. The van der Waals surface area contributed by atoms with Crippen molar-refractivity contribution < 1.29 is 54.4 Å². The third kappa shape index (κ3) is 3.81. The van der Waals surface area contributed by atoms with Crippen molar-refractivity contribution in [2.45, 2.75) is 76.0 Å². The summed E-state index contributed by atoms with van der Waals surface area (Å²) in [4.78, 5) is 27.2. The number of aliphatic hydroxyl groups is 4. The molecule has 2 aliphatic carbocycles. The molecule has 6 N–H and O–H groups in total. The number of carbonyl (C=O) groups excluding carboxylic acids is 2. The highest BCUT2D eigenvalue weighted by Gasteiger charge is 2.48. The molecular formula is C27H30O11. The number of benzene rings is 2. The highest BCUT2D eigenvalue weighted by atomic mass is 16.7. The van der Waals surface area contributed by atoms with Crippen LogP contribution in [0.5, 0.6) is 17.2 Å². The second kappa shape index (κ2) is 9.01. The van der Waals surface area contributed by atoms with Gasteiger partial charge in [-0.15, -0.1) is 0 Å². The predicted molar refractivity (Wildman–Crippen MR) is 129 cm³/mol. The molecular weight excluding hydrogens is 500 g/mol. The fourth-order valence-corrected chi connectivity index (χ4v) is 5.74. The first-order valence-corrected chi connectivity index (χ1v) is 12.2. The lowest BCUT2D eigenvalue weighted by Gasteiger charge is -2.43. The SMILES string of the molecule is COc1c(C)ccc2c1C(=O)c1c(O)c3c(c(O)c1C2=O)C[C@@](C)(O)C[C@@H]3O[C@@H]1O[C@@H](C)[C@H](O)[C@@H](O)[C@H]1O. The molecule has 0 aromatic heterocycles. The summed E-state index contributed by atoms with van der Waals surface area (Å²) in [5.74, 6) is -2.44. The molecule has 7 atom stereocenters. The number of ether oxygens (including phenoxy) is 3. The average molecular weight is 531 g/mol. The minimum atomic E-state index is -1.67. The zero-order chi connectivity index (χ0) is 27.8. The predicted octanol–water partition coefficient (Wildman–Crippen LogP) is 0.773. The minimum absolute atomic E-state index is 0.00473. The molecule has 3 aliphatic rings. The van der Waals surface area contributed by atoms with E-state index in [0.717, 1.165) is 0 Å². The Balaban J connectivity index is 1.67. The van der Waals surface area contributed by atoms with Crippen LogP contribution in [-0.2, 0) is 15.9 Å². The first-order chi connectivity index (χ1) is 17.8. The van der Waals surface area contributed by atoms with E-state index in [0.29, 0.717) is 5.56 Å². The fraction of sp³-hybridized carbons (Fsp3) is 0.481. The smallest absolute Gasteiger partial charge is 0.202 e. The van der Waals surface area contributed by atoms with Gasteiger partial charge in [0.05, 0.1) is 41.6 Å². The molecule has 2 aromatic carbocycles. The summed E-state index contributed by atoms with van der Waals surface area (Å²) in [5, 5.41) is 64.4. The second-order valence-electron chi connectivity index (χ2n) is 10.5. The Morgan fingerprint density at radius 2 is 1.63 bits per heavy atom. The van der Waals surface area contributed by atoms with E-state index in [4.69, 9.17) is 14.2 Å². The van der Waals surface area contributed by atoms with Crippen molar-refractivity contribution in [1.82, 2.24) is 0 Å². The summed E-state index contributed by atoms with van der Waals surface area (Å²) in [6, 6.07) is 3.07. The van der Waals surface area contributed by atoms with Gasteiger partial charge in [0, 0.05) is 29.5 Å². The monoisotopic (exact) mass is 530 g/mol. The van der Waals surface area contributed by atoms with Crippen LogP contribution in [0.4, 0.5) is 0 Å². The third-order valence-electron chi connectivity index (χ3n) is 7.69. The number of aryl methyl sites for hydroxylation is 1. The molecule has 1 heterocycles. The van der Waals surface area contributed by atoms with E-state index < -0.39 is 71.0 Å². The van der Waals surface area contributed by atoms with Crippen LogP contribution < -0.4 is 4.74 Å². The van der Waals surface area contributed by atoms with Crippen LogP contribution in [0.15, 0.2) is 12.1 Å². The van der Waals surface area contributed by atoms with E-state index in [2.05, 4.69) is 0 Å². The van der Waals surface area contributed by atoms with Gasteiger partial charge in [0.2, 0.25) is 5.78 Å². The van der Waals surface area contributed by atoms with Crippen molar-refractivity contribution in [1.29, 1.82) is 0 Å². The number of hydrogen-bond donors (Lipinski definition) is 6. The van der Waals surface area contributed by atoms with E-state index in [1.807, 2.05) is 0 Å². The van der Waals surface area contributed by atoms with E-state index in [1.165, 1.54) is 27.0 Å². The Morgan fingerprint density at radius 1 is 0.974 bits per heavy atom. The average Bonchev–Trinajstić information content (AvgIpc) is 2.85. The largest absolute Gasteiger partial charge is 0.507 e. The van der Waals surface area contributed by atoms with Crippen LogP contribution in [0, 0.1) is 6.92 Å². The van der Waals surface area contributed by atoms with Gasteiger partial charge in [-0.05, 0) is 32.4 Å². The molecule has 0 unspecified atom stereocenters. The lowest BCUT2D eigenvalue weighted by Crippen LogP contribution is -2.57. The number of aromatic hydroxyl groups is 2. The lowest BCUT2D eigenvalue weighted by molar-refractivity contribution is -0.308. The first kappa shape index (κ1) is 26.5. The number of rotatable bonds is 3. The third-order valence-corrected chi connectivity index (χ3v) is 7.69. The molecule has 2 aromatic rings. The molecule has 0 bridgehead atoms. The van der Waals surface area contributed by atoms with E-state index >= 15 is 0 Å². The van der Waals surface area contributed by atoms with Crippen LogP contribution in [-0.4, -0.2) is 85.6 Å². The van der Waals surface area contributed by atoms with Gasteiger partial charge in [0.15, 0.2) is 12.1 Å². The molecule has 1 fully saturated rings. The van der Waals surface area contributed by atoms with Crippen LogP contribution in [0.2, 0.25) is 0 Å². The maximum atomic E-state index is 13.7. The zero-order valence-corrected chi connectivity index (χ0v) is 21.3. The number of hydrogen-bond acceptors (Lipinski definition) is 11. The standard InChI is InChI=1S/C27H30O11/c1-9-5-6-11-15(25(9)36-4)22(32)17-16(19(11)29)20(30)12-7-27(3,35)8-13(14(12)21(17)31)38-26-24(34)23(33)18(28)10(2)37-26/h5-6,10,13,18,23-24,26,28,30-31,33-35H,7-8H2,1-4H3/t10-,13-,18-,23+,24+,26-,27+/m0/s1. The van der Waals surface area contributed by atoms with Gasteiger partial charge in [0.1, 0.15) is 35.6 Å². The summed E-state index contributed by atoms with van der Waals surface area (Å²) in [5.41, 5.74) is -1.79. The Hall–Kier alpha value is -3.06. The number of fused-ring (bicyclic) bond motifs is 3. The molecule has 11 heteroatoms. The van der Waals surface area contributed by atoms with Crippen molar-refractivity contribution in [2.75, 3.05) is 7.11 Å². The highest BCUT2D eigenvalue weighted by Crippen LogP contribution is 2.52. The molecule has 5 rings (SSSR count). The zero-order valence-electron chi connectivity index (χ0n) is 21.3. The summed E-state index contributed by atoms with van der Waals surface area (Å²) in [7, 11) is 1.36. The topological polar surface area (TPSA) is 183 Å². The van der Waals surface area contributed by atoms with E-state index in [9.17, 15) is 40.2 Å². The molecule has 0 amide bonds. The van der Waals surface area contributed by atoms with Crippen molar-refractivity contribution >= 4 is 11.6 Å². The lowest BCUT2D eigenvalue weighted by atomic mass is 9.73. The first-order valence-electron chi connectivity index (χ1n) is 12.2. The van der Waals surface area contributed by atoms with Gasteiger partial charge >= 0.3 is 0 Å². The van der Waals surface area contributed by atoms with Gasteiger partial charge in [0.25, 0.3) is 0 Å². The van der Waals surface area contributed by atoms with Gasteiger partial charge in [-0.25, -0.2) is 0 Å². The Morgan fingerprint density at radius 3 is 2.29 bits per heavy atom. The summed E-state index contributed by atoms with van der Waals surface area (Å²) in [6.45, 7) is 4.64. The Labute approximate surface area is 217 Å². The van der Waals surface area contributed by atoms with Crippen LogP contribution in [0.3, 0.4) is 0 Å². The molecule has 38 heavy (non-hydrogen) atoms. The number of phenolic OH excluding ortho intramolecular Hbond substituents is 2. The second-order valence-corrected chi connectivity index (χ2v) is 10.5. The fourth-order valence-electron chi connectivity index (χ4n) is 5.74. The molecule has 11 nitrogen and oxygen atoms in total. The quantitative estimate of drug-likeness (QED) is 0.263. The van der Waals surface area contributed by atoms with Crippen LogP contribution in [0.1, 0.15) is 74.9 Å². The molecule has 1 saturated heterocycles. The summed E-state index contributed by atoms with van der Waals surface area (Å²) in [6.07, 6.45) is -8.59. The van der Waals surface area contributed by atoms with Gasteiger partial charge < -0.3 is 44.8 Å². The van der Waals surface area contributed by atoms with E-state index in [1.54, 1.807) is 13.0 Å². The van der Waals surface area contributed by atoms with Crippen molar-refractivity contribution in [2.24, 2.45) is 0 Å². The molecule has 1 aliphatic heterocycles. The minimum Gasteiger partial charge on any atom is -0.507 e. The Bertz CT molecular complexity index is 1350. The number of carbonyl (C=O) groups is 2. The van der Waals surface area contributed by atoms with Crippen LogP contribution >= 0.6 is 0 Å². The number of methoxy groups -OCH3 is 1.